The first-order valence-electron chi connectivity index (χ1n) is 6.22. The molecule has 0 aliphatic rings. The van der Waals surface area contributed by atoms with Crippen LogP contribution in [0.5, 0.6) is 0 Å². The Labute approximate surface area is 114 Å². The van der Waals surface area contributed by atoms with Crippen molar-refractivity contribution in [2.45, 2.75) is 13.8 Å². The second-order valence-electron chi connectivity index (χ2n) is 3.99. The summed E-state index contributed by atoms with van der Waals surface area (Å²) in [6, 6.07) is 3.52. The van der Waals surface area contributed by atoms with Crippen molar-refractivity contribution in [3.63, 3.8) is 0 Å². The fourth-order valence-electron chi connectivity index (χ4n) is 1.60. The summed E-state index contributed by atoms with van der Waals surface area (Å²) in [6.45, 7) is 5.99. The molecule has 1 rings (SSSR count). The Balaban J connectivity index is 2.71. The smallest absolute Gasteiger partial charge is 0.235 e. The number of nitrogens with zero attached hydrogens (tertiary/aromatic N) is 2. The number of aromatic nitrogens is 1. The average Bonchev–Trinajstić information content (AvgIpc) is 2.39. The molecule has 0 spiro atoms. The Morgan fingerprint density at radius 3 is 2.47 bits per heavy atom. The zero-order valence-corrected chi connectivity index (χ0v) is 12.4. The van der Waals surface area contributed by atoms with Gasteiger partial charge in [-0.2, -0.15) is 0 Å². The Hall–Kier alpha value is -1.34. The normalized spacial score (nSPS) is 11.3. The van der Waals surface area contributed by atoms with E-state index in [2.05, 4.69) is 14.6 Å². The Kier molecular flexibility index (Phi) is 6.04. The summed E-state index contributed by atoms with van der Waals surface area (Å²) in [5.41, 5.74) is 0.465. The third-order valence-corrected chi connectivity index (χ3v) is 3.92. The van der Waals surface area contributed by atoms with Gasteiger partial charge in [-0.3, -0.25) is 4.72 Å². The van der Waals surface area contributed by atoms with Crippen molar-refractivity contribution in [1.29, 1.82) is 0 Å². The predicted molar refractivity (Wildman–Crippen MR) is 77.1 cm³/mol. The lowest BCUT2D eigenvalue weighted by atomic mass is 10.4. The number of hydrogen-bond acceptors (Lipinski definition) is 5. The van der Waals surface area contributed by atoms with Gasteiger partial charge in [0.25, 0.3) is 0 Å². The molecule has 0 atom stereocenters. The van der Waals surface area contributed by atoms with Crippen molar-refractivity contribution < 1.29 is 13.2 Å². The van der Waals surface area contributed by atoms with Gasteiger partial charge < -0.3 is 9.64 Å². The minimum atomic E-state index is -3.37. The Morgan fingerprint density at radius 1 is 1.32 bits per heavy atom. The summed E-state index contributed by atoms with van der Waals surface area (Å²) < 4.78 is 30.5. The summed E-state index contributed by atoms with van der Waals surface area (Å²) in [4.78, 5) is 6.34. The highest BCUT2D eigenvalue weighted by molar-refractivity contribution is 7.92. The zero-order chi connectivity index (χ0) is 14.3. The third-order valence-electron chi connectivity index (χ3n) is 2.66. The number of nitrogens with one attached hydrogen (secondary N) is 1. The van der Waals surface area contributed by atoms with Crippen LogP contribution in [0.4, 0.5) is 11.5 Å². The van der Waals surface area contributed by atoms with Crippen LogP contribution in [0.15, 0.2) is 18.3 Å². The molecule has 0 aliphatic heterocycles. The monoisotopic (exact) mass is 287 g/mol. The van der Waals surface area contributed by atoms with Crippen molar-refractivity contribution >= 4 is 21.5 Å². The van der Waals surface area contributed by atoms with Crippen LogP contribution < -0.4 is 9.62 Å². The maximum absolute atomic E-state index is 11.7. The van der Waals surface area contributed by atoms with Crippen LogP contribution in [0.3, 0.4) is 0 Å². The number of anilines is 2. The van der Waals surface area contributed by atoms with Crippen LogP contribution in [0.2, 0.25) is 0 Å². The van der Waals surface area contributed by atoms with Gasteiger partial charge in [0, 0.05) is 20.2 Å². The first kappa shape index (κ1) is 15.7. The van der Waals surface area contributed by atoms with Crippen LogP contribution in [-0.2, 0) is 14.8 Å². The fourth-order valence-corrected chi connectivity index (χ4v) is 2.57. The van der Waals surface area contributed by atoms with Crippen LogP contribution in [0.1, 0.15) is 13.8 Å². The minimum Gasteiger partial charge on any atom is -0.384 e. The number of hydrogen-bond donors (Lipinski definition) is 1. The highest BCUT2D eigenvalue weighted by Crippen LogP contribution is 2.14. The minimum absolute atomic E-state index is 0.0682. The van der Waals surface area contributed by atoms with Gasteiger partial charge in [-0.25, -0.2) is 13.4 Å². The van der Waals surface area contributed by atoms with E-state index in [1.807, 2.05) is 13.8 Å². The molecule has 1 N–H and O–H groups in total. The summed E-state index contributed by atoms with van der Waals surface area (Å²) in [7, 11) is -1.90. The largest absolute Gasteiger partial charge is 0.384 e. The van der Waals surface area contributed by atoms with Crippen molar-refractivity contribution in [2.24, 2.45) is 0 Å². The molecule has 0 radical (unpaired) electrons. The number of methoxy groups -OCH3 is 1. The van der Waals surface area contributed by atoms with Crippen molar-refractivity contribution in [3.05, 3.63) is 18.3 Å². The summed E-state index contributed by atoms with van der Waals surface area (Å²) in [6.07, 6.45) is 1.53. The van der Waals surface area contributed by atoms with Gasteiger partial charge in [-0.05, 0) is 26.0 Å². The maximum atomic E-state index is 11.7. The molecule has 1 aromatic heterocycles. The van der Waals surface area contributed by atoms with Gasteiger partial charge in [-0.15, -0.1) is 0 Å². The molecule has 0 aromatic carbocycles. The molecule has 6 nitrogen and oxygen atoms in total. The van der Waals surface area contributed by atoms with Gasteiger partial charge in [0.1, 0.15) is 5.82 Å². The van der Waals surface area contributed by atoms with E-state index in [1.54, 1.807) is 12.1 Å². The van der Waals surface area contributed by atoms with Crippen LogP contribution >= 0.6 is 0 Å². The van der Waals surface area contributed by atoms with E-state index < -0.39 is 10.0 Å². The average molecular weight is 287 g/mol. The molecule has 0 fully saturated rings. The molecule has 0 saturated carbocycles. The van der Waals surface area contributed by atoms with Crippen molar-refractivity contribution in [1.82, 2.24) is 4.98 Å². The zero-order valence-electron chi connectivity index (χ0n) is 11.6. The van der Waals surface area contributed by atoms with Crippen LogP contribution in [0, 0.1) is 0 Å². The summed E-state index contributed by atoms with van der Waals surface area (Å²) in [5, 5.41) is 0. The van der Waals surface area contributed by atoms with Gasteiger partial charge in [-0.1, -0.05) is 0 Å². The highest BCUT2D eigenvalue weighted by Gasteiger charge is 2.10. The molecule has 0 unspecified atom stereocenters. The molecule has 0 aliphatic carbocycles. The lowest BCUT2D eigenvalue weighted by molar-refractivity contribution is 0.217. The number of ether oxygens (including phenoxy) is 1. The first-order valence-corrected chi connectivity index (χ1v) is 7.88. The number of pyridine rings is 1. The quantitative estimate of drug-likeness (QED) is 0.780. The summed E-state index contributed by atoms with van der Waals surface area (Å²) >= 11 is 0. The van der Waals surface area contributed by atoms with E-state index in [9.17, 15) is 8.42 Å². The van der Waals surface area contributed by atoms with E-state index in [0.717, 1.165) is 18.9 Å². The molecular formula is C12H21N3O3S. The predicted octanol–water partition coefficient (Wildman–Crippen LogP) is 1.32. The van der Waals surface area contributed by atoms with Crippen molar-refractivity contribution in [3.8, 4) is 0 Å². The molecule has 7 heteroatoms. The SMILES string of the molecule is CCN(CC)c1ccc(NS(=O)(=O)CCOC)cn1. The van der Waals surface area contributed by atoms with Crippen LogP contribution in [0.25, 0.3) is 0 Å². The fraction of sp³-hybridized carbons (Fsp3) is 0.583. The standard InChI is InChI=1S/C12H21N3O3S/c1-4-15(5-2)12-7-6-11(10-13-12)14-19(16,17)9-8-18-3/h6-7,10,14H,4-5,8-9H2,1-3H3. The van der Waals surface area contributed by atoms with E-state index in [0.29, 0.717) is 5.69 Å². The molecule has 108 valence electrons. The lowest BCUT2D eigenvalue weighted by Crippen LogP contribution is -2.23. The highest BCUT2D eigenvalue weighted by atomic mass is 32.2. The van der Waals surface area contributed by atoms with Gasteiger partial charge in [0.05, 0.1) is 24.2 Å². The van der Waals surface area contributed by atoms with Gasteiger partial charge >= 0.3 is 0 Å². The molecule has 1 heterocycles. The molecule has 0 amide bonds. The molecular weight excluding hydrogens is 266 g/mol. The van der Waals surface area contributed by atoms with E-state index in [4.69, 9.17) is 4.74 Å². The molecule has 19 heavy (non-hydrogen) atoms. The first-order chi connectivity index (χ1) is 9.02. The maximum Gasteiger partial charge on any atom is 0.235 e. The number of rotatable bonds is 8. The van der Waals surface area contributed by atoms with Crippen LogP contribution in [-0.4, -0.2) is 46.0 Å². The van der Waals surface area contributed by atoms with Crippen molar-refractivity contribution in [2.75, 3.05) is 42.2 Å². The molecule has 0 bridgehead atoms. The summed E-state index contributed by atoms with van der Waals surface area (Å²) in [5.74, 6) is 0.770. The van der Waals surface area contributed by atoms with Gasteiger partial charge in [0.2, 0.25) is 10.0 Å². The topological polar surface area (TPSA) is 71.5 Å². The lowest BCUT2D eigenvalue weighted by Gasteiger charge is -2.19. The van der Waals surface area contributed by atoms with E-state index >= 15 is 0 Å². The second-order valence-corrected chi connectivity index (χ2v) is 5.83. The number of sulfonamides is 1. The Bertz CT molecular complexity index is 469. The van der Waals surface area contributed by atoms with Gasteiger partial charge in [0.15, 0.2) is 0 Å². The molecule has 1 aromatic rings. The Morgan fingerprint density at radius 2 is 2.00 bits per heavy atom. The second kappa shape index (κ2) is 7.30. The molecule has 0 saturated heterocycles. The van der Waals surface area contributed by atoms with E-state index in [1.165, 1.54) is 13.3 Å². The third kappa shape index (κ3) is 5.04. The van der Waals surface area contributed by atoms with E-state index in [-0.39, 0.29) is 12.4 Å².